The fourth-order valence-corrected chi connectivity index (χ4v) is 6.28. The minimum Gasteiger partial charge on any atom is -0.497 e. The molecule has 0 spiro atoms. The molecule has 4 aromatic rings. The minimum atomic E-state index is -4.86. The van der Waals surface area contributed by atoms with Crippen LogP contribution in [0.15, 0.2) is 65.8 Å². The average Bonchev–Trinajstić information content (AvgIpc) is 3.46. The molecule has 214 valence electrons. The van der Waals surface area contributed by atoms with Crippen LogP contribution >= 0.6 is 34.1 Å². The number of halogens is 4. The second-order valence-corrected chi connectivity index (χ2v) is 11.7. The zero-order valence-corrected chi connectivity index (χ0v) is 24.8. The number of aromatic nitrogens is 2. The summed E-state index contributed by atoms with van der Waals surface area (Å²) < 4.78 is 90.8. The number of hydrogen-bond donors (Lipinski definition) is 0. The molecular weight excluding hydrogens is 700 g/mol. The summed E-state index contributed by atoms with van der Waals surface area (Å²) in [7, 11) is -1.36. The van der Waals surface area contributed by atoms with Gasteiger partial charge in [0.05, 0.1) is 34.8 Å². The molecule has 0 aliphatic heterocycles. The number of ether oxygens (including phenoxy) is 4. The highest BCUT2D eigenvalue weighted by Gasteiger charge is 2.32. The molecule has 1 heterocycles. The maximum Gasteiger partial charge on any atom is 0.573 e. The molecule has 0 atom stereocenters. The predicted octanol–water partition coefficient (Wildman–Crippen LogP) is 6.12. The molecule has 16 heteroatoms. The Balaban J connectivity index is 1.67. The highest BCUT2D eigenvalue weighted by molar-refractivity contribution is 14.1. The van der Waals surface area contributed by atoms with Gasteiger partial charge in [-0.3, -0.25) is 0 Å². The third kappa shape index (κ3) is 7.10. The Morgan fingerprint density at radius 1 is 1.00 bits per heavy atom. The summed E-state index contributed by atoms with van der Waals surface area (Å²) in [6.45, 7) is -0.171. The summed E-state index contributed by atoms with van der Waals surface area (Å²) in [5, 5.41) is 9.85. The number of nitriles is 1. The van der Waals surface area contributed by atoms with Gasteiger partial charge < -0.3 is 18.9 Å². The maximum atomic E-state index is 13.8. The smallest absolute Gasteiger partial charge is 0.497 e. The van der Waals surface area contributed by atoms with E-state index in [1.54, 1.807) is 40.8 Å². The standard InChI is InChI=1S/C25H18F3IN4O6S2/c1-36-17-4-3-15(23(11-17)37-2)13-33(24-31-14-32-40-24)41(34,35)19-6-8-21(16(9-19)12-30)38-22-7-5-18(10-20(22)29)39-25(26,27)28/h3-11,14H,13H2,1-2H3. The fourth-order valence-electron chi connectivity index (χ4n) is 3.52. The van der Waals surface area contributed by atoms with Gasteiger partial charge in [-0.25, -0.2) is 17.7 Å². The van der Waals surface area contributed by atoms with E-state index in [-0.39, 0.29) is 37.2 Å². The molecule has 0 unspecified atom stereocenters. The van der Waals surface area contributed by atoms with E-state index in [2.05, 4.69) is 14.1 Å². The van der Waals surface area contributed by atoms with Gasteiger partial charge in [0.25, 0.3) is 10.0 Å². The van der Waals surface area contributed by atoms with Crippen molar-refractivity contribution in [3.63, 3.8) is 0 Å². The van der Waals surface area contributed by atoms with E-state index < -0.39 is 22.1 Å². The zero-order chi connectivity index (χ0) is 29.8. The first kappa shape index (κ1) is 30.1. The quantitative estimate of drug-likeness (QED) is 0.179. The fraction of sp³-hybridized carbons (Fsp3) is 0.160. The van der Waals surface area contributed by atoms with Crippen molar-refractivity contribution in [2.75, 3.05) is 18.5 Å². The van der Waals surface area contributed by atoms with Crippen LogP contribution in [-0.2, 0) is 16.6 Å². The van der Waals surface area contributed by atoms with Crippen molar-refractivity contribution in [1.29, 1.82) is 5.26 Å². The molecule has 41 heavy (non-hydrogen) atoms. The minimum absolute atomic E-state index is 0.00635. The molecule has 0 N–H and O–H groups in total. The van der Waals surface area contributed by atoms with Crippen LogP contribution in [0.25, 0.3) is 0 Å². The summed E-state index contributed by atoms with van der Waals surface area (Å²) in [5.74, 6) is 0.586. The van der Waals surface area contributed by atoms with Gasteiger partial charge in [0, 0.05) is 23.2 Å². The number of rotatable bonds is 10. The molecule has 0 saturated carbocycles. The molecule has 0 amide bonds. The molecular formula is C25H18F3IN4O6S2. The van der Waals surface area contributed by atoms with Crippen LogP contribution in [-0.4, -0.2) is 38.4 Å². The van der Waals surface area contributed by atoms with Gasteiger partial charge in [-0.1, -0.05) is 0 Å². The summed E-state index contributed by atoms with van der Waals surface area (Å²) in [4.78, 5) is 3.84. The lowest BCUT2D eigenvalue weighted by molar-refractivity contribution is -0.274. The van der Waals surface area contributed by atoms with E-state index >= 15 is 0 Å². The average molecular weight is 718 g/mol. The lowest BCUT2D eigenvalue weighted by Crippen LogP contribution is -2.30. The van der Waals surface area contributed by atoms with E-state index in [0.717, 1.165) is 34.0 Å². The van der Waals surface area contributed by atoms with Gasteiger partial charge in [-0.15, -0.1) is 13.2 Å². The molecule has 10 nitrogen and oxygen atoms in total. The van der Waals surface area contributed by atoms with Crippen molar-refractivity contribution in [2.45, 2.75) is 17.8 Å². The van der Waals surface area contributed by atoms with Crippen LogP contribution in [0.1, 0.15) is 11.1 Å². The van der Waals surface area contributed by atoms with E-state index in [9.17, 15) is 26.9 Å². The number of nitrogens with zero attached hydrogens (tertiary/aromatic N) is 4. The summed E-state index contributed by atoms with van der Waals surface area (Å²) in [5.41, 5.74) is 0.386. The molecule has 1 aromatic heterocycles. The third-order valence-corrected chi connectivity index (χ3v) is 8.77. The van der Waals surface area contributed by atoms with E-state index in [1.807, 2.05) is 6.07 Å². The second-order valence-electron chi connectivity index (χ2n) is 7.93. The normalized spacial score (nSPS) is 11.4. The first-order valence-corrected chi connectivity index (χ1v) is 14.5. The van der Waals surface area contributed by atoms with Gasteiger partial charge in [-0.2, -0.15) is 9.64 Å². The number of anilines is 1. The molecule has 0 radical (unpaired) electrons. The Bertz CT molecular complexity index is 1700. The number of sulfonamides is 1. The molecule has 0 aliphatic carbocycles. The van der Waals surface area contributed by atoms with Crippen molar-refractivity contribution in [3.8, 4) is 34.8 Å². The molecule has 0 aliphatic rings. The van der Waals surface area contributed by atoms with Crippen molar-refractivity contribution < 1.29 is 40.5 Å². The number of benzene rings is 3. The number of alkyl halides is 3. The Labute approximate surface area is 250 Å². The van der Waals surface area contributed by atoms with E-state index in [0.29, 0.717) is 17.1 Å². The number of hydrogen-bond acceptors (Lipinski definition) is 10. The van der Waals surface area contributed by atoms with Crippen molar-refractivity contribution in [1.82, 2.24) is 9.36 Å². The highest BCUT2D eigenvalue weighted by atomic mass is 127. The van der Waals surface area contributed by atoms with Gasteiger partial charge in [0.15, 0.2) is 0 Å². The van der Waals surface area contributed by atoms with Crippen molar-refractivity contribution >= 4 is 49.3 Å². The molecule has 4 rings (SSSR count). The van der Waals surface area contributed by atoms with Crippen LogP contribution < -0.4 is 23.3 Å². The lowest BCUT2D eigenvalue weighted by atomic mass is 10.2. The Morgan fingerprint density at radius 3 is 2.34 bits per heavy atom. The predicted molar refractivity (Wildman–Crippen MR) is 150 cm³/mol. The molecule has 0 saturated heterocycles. The van der Waals surface area contributed by atoms with Gasteiger partial charge in [0.2, 0.25) is 5.13 Å². The first-order valence-electron chi connectivity index (χ1n) is 11.2. The largest absolute Gasteiger partial charge is 0.573 e. The van der Waals surface area contributed by atoms with Crippen LogP contribution in [0.2, 0.25) is 0 Å². The summed E-state index contributed by atoms with van der Waals surface area (Å²) >= 11 is 2.62. The number of methoxy groups -OCH3 is 2. The van der Waals surface area contributed by atoms with Gasteiger partial charge in [0.1, 0.15) is 41.1 Å². The molecule has 0 bridgehead atoms. The monoisotopic (exact) mass is 718 g/mol. The Morgan fingerprint density at radius 2 is 1.73 bits per heavy atom. The van der Waals surface area contributed by atoms with Crippen LogP contribution in [0.4, 0.5) is 18.3 Å². The van der Waals surface area contributed by atoms with Gasteiger partial charge >= 0.3 is 6.36 Å². The maximum absolute atomic E-state index is 13.8. The lowest BCUT2D eigenvalue weighted by Gasteiger charge is -2.23. The van der Waals surface area contributed by atoms with Crippen LogP contribution in [0, 0.1) is 14.9 Å². The van der Waals surface area contributed by atoms with Crippen LogP contribution in [0.5, 0.6) is 28.7 Å². The van der Waals surface area contributed by atoms with Crippen molar-refractivity contribution in [3.05, 3.63) is 75.6 Å². The molecule has 3 aromatic carbocycles. The summed E-state index contributed by atoms with van der Waals surface area (Å²) in [6.07, 6.45) is -3.64. The second kappa shape index (κ2) is 12.4. The SMILES string of the molecule is COc1ccc(CN(c2ncns2)S(=O)(=O)c2ccc(Oc3ccc(OC(F)(F)F)cc3I)c(C#N)c2)c(OC)c1. The third-order valence-electron chi connectivity index (χ3n) is 5.39. The van der Waals surface area contributed by atoms with Crippen LogP contribution in [0.3, 0.4) is 0 Å². The van der Waals surface area contributed by atoms with Gasteiger partial charge in [-0.05, 0) is 71.1 Å². The van der Waals surface area contributed by atoms with E-state index in [1.165, 1.54) is 38.7 Å². The van der Waals surface area contributed by atoms with Crippen molar-refractivity contribution in [2.24, 2.45) is 0 Å². The van der Waals surface area contributed by atoms with E-state index in [4.69, 9.17) is 14.2 Å². The Hall–Kier alpha value is -3.82. The zero-order valence-electron chi connectivity index (χ0n) is 21.0. The Kier molecular flexibility index (Phi) is 9.09. The topological polar surface area (TPSA) is 124 Å². The first-order chi connectivity index (χ1) is 19.4. The molecule has 0 fully saturated rings. The summed E-state index contributed by atoms with van der Waals surface area (Å²) in [6, 6.07) is 13.9. The highest BCUT2D eigenvalue weighted by Crippen LogP contribution is 2.36.